The van der Waals surface area contributed by atoms with Gasteiger partial charge >= 0.3 is 0 Å². The molecule has 6 rings (SSSR count). The molecule has 0 aliphatic heterocycles. The van der Waals surface area contributed by atoms with Gasteiger partial charge in [0.15, 0.2) is 20.5 Å². The van der Waals surface area contributed by atoms with E-state index in [4.69, 9.17) is 0 Å². The van der Waals surface area contributed by atoms with Crippen molar-refractivity contribution in [1.29, 1.82) is 0 Å². The van der Waals surface area contributed by atoms with Gasteiger partial charge in [-0.2, -0.15) is 0 Å². The van der Waals surface area contributed by atoms with Gasteiger partial charge in [-0.25, -0.2) is 0 Å². The minimum Gasteiger partial charge on any atom is -0.289 e. The predicted octanol–water partition coefficient (Wildman–Crippen LogP) is 8.69. The number of hydrogen-bond acceptors (Lipinski definition) is 2. The van der Waals surface area contributed by atoms with E-state index < -0.39 is 0 Å². The third-order valence-corrected chi connectivity index (χ3v) is 9.59. The van der Waals surface area contributed by atoms with E-state index in [9.17, 15) is 4.79 Å². The van der Waals surface area contributed by atoms with Crippen molar-refractivity contribution in [2.24, 2.45) is 0 Å². The summed E-state index contributed by atoms with van der Waals surface area (Å²) in [5, 5.41) is 2.62. The number of thiophene rings is 1. The number of benzene rings is 5. The minimum absolute atomic E-state index is 0.0542. The van der Waals surface area contributed by atoms with E-state index in [1.54, 1.807) is 0 Å². The molecule has 1 heterocycles. The summed E-state index contributed by atoms with van der Waals surface area (Å²) in [6.07, 6.45) is 0. The minimum atomic E-state index is -0.279. The van der Waals surface area contributed by atoms with Crippen molar-refractivity contribution >= 4 is 48.2 Å². The lowest BCUT2D eigenvalue weighted by Gasteiger charge is -2.10. The SMILES string of the molecule is Cc1ccc([S+](c2ccc(C(=O)c3ccccc3)cc2)c2ccc3sc4ccccc4c3c2)cc1. The van der Waals surface area contributed by atoms with E-state index in [1.807, 2.05) is 53.8 Å². The number of carbonyl (C=O) groups excluding carboxylic acids is 1. The Kier molecular flexibility index (Phi) is 5.73. The summed E-state index contributed by atoms with van der Waals surface area (Å²) in [5.41, 5.74) is 2.68. The molecule has 0 aliphatic rings. The van der Waals surface area contributed by atoms with Gasteiger partial charge in [0, 0.05) is 37.4 Å². The Morgan fingerprint density at radius 1 is 0.571 bits per heavy atom. The molecule has 3 heteroatoms. The third-order valence-electron chi connectivity index (χ3n) is 6.23. The van der Waals surface area contributed by atoms with Crippen molar-refractivity contribution in [2.75, 3.05) is 0 Å². The second-order valence-corrected chi connectivity index (χ2v) is 11.7. The maximum absolute atomic E-state index is 12.9. The summed E-state index contributed by atoms with van der Waals surface area (Å²) < 4.78 is 2.63. The molecule has 1 aromatic heterocycles. The van der Waals surface area contributed by atoms with Crippen LogP contribution in [0.1, 0.15) is 21.5 Å². The highest BCUT2D eigenvalue weighted by Crippen LogP contribution is 2.38. The van der Waals surface area contributed by atoms with Crippen molar-refractivity contribution in [3.63, 3.8) is 0 Å². The zero-order valence-corrected chi connectivity index (χ0v) is 20.9. The van der Waals surface area contributed by atoms with Crippen LogP contribution in [0.15, 0.2) is 136 Å². The monoisotopic (exact) mass is 487 g/mol. The number of rotatable bonds is 5. The highest BCUT2D eigenvalue weighted by Gasteiger charge is 2.29. The van der Waals surface area contributed by atoms with Crippen LogP contribution >= 0.6 is 11.3 Å². The molecule has 0 spiro atoms. The first-order chi connectivity index (χ1) is 17.2. The van der Waals surface area contributed by atoms with Crippen LogP contribution in [-0.2, 0) is 10.9 Å². The maximum Gasteiger partial charge on any atom is 0.193 e. The van der Waals surface area contributed by atoms with Gasteiger partial charge in [0.1, 0.15) is 0 Å². The topological polar surface area (TPSA) is 17.1 Å². The summed E-state index contributed by atoms with van der Waals surface area (Å²) >= 11 is 1.84. The second kappa shape index (κ2) is 9.18. The summed E-state index contributed by atoms with van der Waals surface area (Å²) in [6, 6.07) is 42.0. The molecular weight excluding hydrogens is 464 g/mol. The fourth-order valence-electron chi connectivity index (χ4n) is 4.41. The van der Waals surface area contributed by atoms with E-state index in [1.165, 1.54) is 40.4 Å². The van der Waals surface area contributed by atoms with Crippen molar-refractivity contribution in [1.82, 2.24) is 0 Å². The lowest BCUT2D eigenvalue weighted by atomic mass is 10.0. The second-order valence-electron chi connectivity index (χ2n) is 8.59. The Hall–Kier alpha value is -3.66. The molecule has 1 nitrogen and oxygen atoms in total. The van der Waals surface area contributed by atoms with E-state index in [2.05, 4.69) is 85.8 Å². The molecule has 0 fully saturated rings. The molecule has 0 aliphatic carbocycles. The van der Waals surface area contributed by atoms with Crippen LogP contribution in [0, 0.1) is 6.92 Å². The Morgan fingerprint density at radius 2 is 1.14 bits per heavy atom. The van der Waals surface area contributed by atoms with Crippen LogP contribution in [-0.4, -0.2) is 5.78 Å². The molecule has 0 saturated heterocycles. The number of hydrogen-bond donors (Lipinski definition) is 0. The first kappa shape index (κ1) is 21.8. The Bertz CT molecular complexity index is 1650. The zero-order chi connectivity index (χ0) is 23.8. The van der Waals surface area contributed by atoms with Gasteiger partial charge in [0.25, 0.3) is 0 Å². The van der Waals surface area contributed by atoms with Crippen LogP contribution in [0.3, 0.4) is 0 Å². The molecule has 0 saturated carbocycles. The smallest absolute Gasteiger partial charge is 0.193 e. The largest absolute Gasteiger partial charge is 0.289 e. The van der Waals surface area contributed by atoms with Gasteiger partial charge in [0.05, 0.1) is 10.9 Å². The predicted molar refractivity (Wildman–Crippen MR) is 149 cm³/mol. The van der Waals surface area contributed by atoms with E-state index >= 15 is 0 Å². The first-order valence-corrected chi connectivity index (χ1v) is 13.6. The summed E-state index contributed by atoms with van der Waals surface area (Å²) in [5.74, 6) is 0.0542. The third kappa shape index (κ3) is 4.18. The quantitative estimate of drug-likeness (QED) is 0.176. The maximum atomic E-state index is 12.9. The molecule has 35 heavy (non-hydrogen) atoms. The molecule has 6 aromatic rings. The fourth-order valence-corrected chi connectivity index (χ4v) is 7.57. The lowest BCUT2D eigenvalue weighted by Crippen LogP contribution is -2.06. The van der Waals surface area contributed by atoms with Crippen molar-refractivity contribution in [3.8, 4) is 0 Å². The molecule has 0 N–H and O–H groups in total. The Labute approximate surface area is 212 Å². The number of ketones is 1. The molecular formula is C32H23OS2+. The molecule has 0 amide bonds. The van der Waals surface area contributed by atoms with Crippen molar-refractivity contribution < 1.29 is 4.79 Å². The zero-order valence-electron chi connectivity index (χ0n) is 19.3. The van der Waals surface area contributed by atoms with Crippen LogP contribution in [0.25, 0.3) is 20.2 Å². The van der Waals surface area contributed by atoms with E-state index in [0.29, 0.717) is 11.1 Å². The van der Waals surface area contributed by atoms with Gasteiger partial charge < -0.3 is 0 Å². The average molecular weight is 488 g/mol. The average Bonchev–Trinajstić information content (AvgIpc) is 3.29. The van der Waals surface area contributed by atoms with Gasteiger partial charge in [-0.15, -0.1) is 11.3 Å². The van der Waals surface area contributed by atoms with Crippen LogP contribution < -0.4 is 0 Å². The number of fused-ring (bicyclic) bond motifs is 3. The van der Waals surface area contributed by atoms with Crippen LogP contribution in [0.4, 0.5) is 0 Å². The van der Waals surface area contributed by atoms with E-state index in [-0.39, 0.29) is 16.7 Å². The lowest BCUT2D eigenvalue weighted by molar-refractivity contribution is 0.103. The Morgan fingerprint density at radius 3 is 1.89 bits per heavy atom. The molecule has 0 bridgehead atoms. The molecule has 1 atom stereocenters. The Balaban J connectivity index is 1.46. The fraction of sp³-hybridized carbons (Fsp3) is 0.0312. The summed E-state index contributed by atoms with van der Waals surface area (Å²) in [6.45, 7) is 2.12. The molecule has 0 radical (unpaired) electrons. The van der Waals surface area contributed by atoms with Crippen molar-refractivity contribution in [2.45, 2.75) is 21.6 Å². The highest BCUT2D eigenvalue weighted by molar-refractivity contribution is 7.97. The van der Waals surface area contributed by atoms with Gasteiger partial charge in [-0.1, -0.05) is 66.2 Å². The first-order valence-electron chi connectivity index (χ1n) is 11.6. The normalized spacial score (nSPS) is 12.1. The van der Waals surface area contributed by atoms with Gasteiger partial charge in [-0.3, -0.25) is 4.79 Å². The van der Waals surface area contributed by atoms with Gasteiger partial charge in [-0.05, 0) is 61.5 Å². The number of carbonyl (C=O) groups is 1. The van der Waals surface area contributed by atoms with Crippen LogP contribution in [0.2, 0.25) is 0 Å². The van der Waals surface area contributed by atoms with E-state index in [0.717, 1.165) is 0 Å². The molecule has 5 aromatic carbocycles. The van der Waals surface area contributed by atoms with Crippen LogP contribution in [0.5, 0.6) is 0 Å². The summed E-state index contributed by atoms with van der Waals surface area (Å²) in [4.78, 5) is 16.7. The standard InChI is InChI=1S/C32H23OS2/c1-22-11-15-25(16-12-22)35(26-17-13-24(14-18-26)32(33)23-7-3-2-4-8-23)27-19-20-31-29(21-27)28-9-5-6-10-30(28)34-31/h2-21H,1H3/q+1. The van der Waals surface area contributed by atoms with Crippen molar-refractivity contribution in [3.05, 3.63) is 138 Å². The summed E-state index contributed by atoms with van der Waals surface area (Å²) in [7, 11) is -0.279. The highest BCUT2D eigenvalue weighted by atomic mass is 32.2. The van der Waals surface area contributed by atoms with Gasteiger partial charge in [0.2, 0.25) is 0 Å². The molecule has 168 valence electrons. The molecule has 1 unspecified atom stereocenters. The number of aryl methyl sites for hydroxylation is 1.